The lowest BCUT2D eigenvalue weighted by Gasteiger charge is -2.08. The van der Waals surface area contributed by atoms with E-state index in [0.717, 1.165) is 39.5 Å². The smallest absolute Gasteiger partial charge is 0.0897 e. The van der Waals surface area contributed by atoms with E-state index < -0.39 is 0 Å². The van der Waals surface area contributed by atoms with Gasteiger partial charge in [-0.1, -0.05) is 12.1 Å². The normalized spacial score (nSPS) is 10.7. The summed E-state index contributed by atoms with van der Waals surface area (Å²) in [5.41, 5.74) is 6.05. The summed E-state index contributed by atoms with van der Waals surface area (Å²) in [5, 5.41) is 9.50. The quantitative estimate of drug-likeness (QED) is 0.804. The fourth-order valence-corrected chi connectivity index (χ4v) is 2.18. The van der Waals surface area contributed by atoms with E-state index in [1.54, 1.807) is 0 Å². The maximum atomic E-state index is 9.50. The average Bonchev–Trinajstić information content (AvgIpc) is 2.55. The summed E-state index contributed by atoms with van der Waals surface area (Å²) >= 11 is 0. The predicted octanol–water partition coefficient (Wildman–Crippen LogP) is 3.31. The van der Waals surface area contributed by atoms with Crippen LogP contribution < -0.4 is 0 Å². The first-order valence-corrected chi connectivity index (χ1v) is 7.13. The number of nitrogens with zero attached hydrogens (tertiary/aromatic N) is 3. The molecule has 22 heavy (non-hydrogen) atoms. The van der Waals surface area contributed by atoms with E-state index in [9.17, 15) is 5.11 Å². The SMILES string of the molecule is Cc1ccc(-c2cc(CO)cc(-c3ccc(C)cn3)n2)nc1. The average molecular weight is 291 g/mol. The summed E-state index contributed by atoms with van der Waals surface area (Å²) < 4.78 is 0. The van der Waals surface area contributed by atoms with Crippen LogP contribution in [0.4, 0.5) is 0 Å². The van der Waals surface area contributed by atoms with Gasteiger partial charge in [0.1, 0.15) is 0 Å². The summed E-state index contributed by atoms with van der Waals surface area (Å²) in [6.07, 6.45) is 3.62. The first kappa shape index (κ1) is 14.4. The third-order valence-electron chi connectivity index (χ3n) is 3.42. The molecule has 1 N–H and O–H groups in total. The first-order valence-electron chi connectivity index (χ1n) is 7.13. The third-order valence-corrected chi connectivity index (χ3v) is 3.42. The van der Waals surface area contributed by atoms with Gasteiger partial charge in [-0.3, -0.25) is 9.97 Å². The molecule has 0 atom stereocenters. The second kappa shape index (κ2) is 6.03. The highest BCUT2D eigenvalue weighted by Gasteiger charge is 2.08. The minimum atomic E-state index is -0.0414. The van der Waals surface area contributed by atoms with Crippen molar-refractivity contribution in [1.29, 1.82) is 0 Å². The maximum absolute atomic E-state index is 9.50. The molecule has 0 aliphatic heterocycles. The molecule has 0 aromatic carbocycles. The summed E-state index contributed by atoms with van der Waals surface area (Å²) in [7, 11) is 0. The van der Waals surface area contributed by atoms with Gasteiger partial charge in [-0.2, -0.15) is 0 Å². The highest BCUT2D eigenvalue weighted by Crippen LogP contribution is 2.23. The first-order chi connectivity index (χ1) is 10.7. The number of aromatic nitrogens is 3. The zero-order valence-electron chi connectivity index (χ0n) is 12.6. The molecular formula is C18H17N3O. The summed E-state index contributed by atoms with van der Waals surface area (Å²) in [6, 6.07) is 11.6. The predicted molar refractivity (Wildman–Crippen MR) is 86.1 cm³/mol. The number of aliphatic hydroxyl groups excluding tert-OH is 1. The van der Waals surface area contributed by atoms with Crippen molar-refractivity contribution in [2.24, 2.45) is 0 Å². The maximum Gasteiger partial charge on any atom is 0.0897 e. The lowest BCUT2D eigenvalue weighted by Crippen LogP contribution is -1.96. The minimum absolute atomic E-state index is 0.0414. The van der Waals surface area contributed by atoms with Crippen molar-refractivity contribution in [2.75, 3.05) is 0 Å². The van der Waals surface area contributed by atoms with Crippen LogP contribution in [0, 0.1) is 13.8 Å². The van der Waals surface area contributed by atoms with Crippen molar-refractivity contribution in [3.63, 3.8) is 0 Å². The second-order valence-corrected chi connectivity index (χ2v) is 5.35. The standard InChI is InChI=1S/C18H17N3O/c1-12-3-5-15(19-9-12)17-7-14(11-22)8-18(21-17)16-6-4-13(2)10-20-16/h3-10,22H,11H2,1-2H3. The number of hydrogen-bond donors (Lipinski definition) is 1. The van der Waals surface area contributed by atoms with Crippen LogP contribution in [0.2, 0.25) is 0 Å². The van der Waals surface area contributed by atoms with E-state index in [0.29, 0.717) is 0 Å². The zero-order valence-corrected chi connectivity index (χ0v) is 12.6. The highest BCUT2D eigenvalue weighted by molar-refractivity contribution is 5.63. The molecular weight excluding hydrogens is 274 g/mol. The molecule has 0 amide bonds. The van der Waals surface area contributed by atoms with Gasteiger partial charge in [-0.25, -0.2) is 4.98 Å². The van der Waals surface area contributed by atoms with Crippen molar-refractivity contribution in [3.8, 4) is 22.8 Å². The lowest BCUT2D eigenvalue weighted by molar-refractivity contribution is 0.282. The Hall–Kier alpha value is -2.59. The molecule has 4 heteroatoms. The zero-order chi connectivity index (χ0) is 15.5. The van der Waals surface area contributed by atoms with E-state index in [1.165, 1.54) is 0 Å². The largest absolute Gasteiger partial charge is 0.392 e. The summed E-state index contributed by atoms with van der Waals surface area (Å²) in [4.78, 5) is 13.5. The van der Waals surface area contributed by atoms with Gasteiger partial charge in [0.25, 0.3) is 0 Å². The van der Waals surface area contributed by atoms with Crippen molar-refractivity contribution >= 4 is 0 Å². The Bertz CT molecular complexity index is 717. The topological polar surface area (TPSA) is 58.9 Å². The minimum Gasteiger partial charge on any atom is -0.392 e. The van der Waals surface area contributed by atoms with Gasteiger partial charge in [0.05, 0.1) is 29.4 Å². The monoisotopic (exact) mass is 291 g/mol. The van der Waals surface area contributed by atoms with Gasteiger partial charge < -0.3 is 5.11 Å². The van der Waals surface area contributed by atoms with Crippen LogP contribution in [0.3, 0.4) is 0 Å². The van der Waals surface area contributed by atoms with Crippen LogP contribution in [0.1, 0.15) is 16.7 Å². The number of pyridine rings is 3. The molecule has 0 spiro atoms. The molecule has 0 saturated carbocycles. The number of rotatable bonds is 3. The molecule has 0 aliphatic rings. The third kappa shape index (κ3) is 3.02. The van der Waals surface area contributed by atoms with Crippen LogP contribution in [0.5, 0.6) is 0 Å². The van der Waals surface area contributed by atoms with Crippen molar-refractivity contribution in [3.05, 3.63) is 65.5 Å². The molecule has 0 saturated heterocycles. The van der Waals surface area contributed by atoms with Crippen LogP contribution in [0.25, 0.3) is 22.8 Å². The Balaban J connectivity index is 2.10. The molecule has 0 bridgehead atoms. The molecule has 0 unspecified atom stereocenters. The number of aryl methyl sites for hydroxylation is 2. The van der Waals surface area contributed by atoms with Gasteiger partial charge in [0.15, 0.2) is 0 Å². The van der Waals surface area contributed by atoms with E-state index in [4.69, 9.17) is 0 Å². The van der Waals surface area contributed by atoms with Crippen LogP contribution in [-0.4, -0.2) is 20.1 Å². The molecule has 4 nitrogen and oxygen atoms in total. The van der Waals surface area contributed by atoms with Crippen LogP contribution in [-0.2, 0) is 6.61 Å². The second-order valence-electron chi connectivity index (χ2n) is 5.35. The Kier molecular flexibility index (Phi) is 3.94. The highest BCUT2D eigenvalue weighted by atomic mass is 16.3. The van der Waals surface area contributed by atoms with Gasteiger partial charge in [0, 0.05) is 12.4 Å². The molecule has 0 radical (unpaired) electrons. The number of hydrogen-bond acceptors (Lipinski definition) is 4. The Labute approximate surface area is 129 Å². The van der Waals surface area contributed by atoms with E-state index in [1.807, 2.05) is 62.6 Å². The van der Waals surface area contributed by atoms with Crippen molar-refractivity contribution in [1.82, 2.24) is 15.0 Å². The van der Waals surface area contributed by atoms with Gasteiger partial charge in [-0.05, 0) is 54.8 Å². The van der Waals surface area contributed by atoms with Crippen molar-refractivity contribution in [2.45, 2.75) is 20.5 Å². The molecule has 0 aliphatic carbocycles. The fourth-order valence-electron chi connectivity index (χ4n) is 2.18. The van der Waals surface area contributed by atoms with Crippen LogP contribution in [0.15, 0.2) is 48.8 Å². The molecule has 3 heterocycles. The fraction of sp³-hybridized carbons (Fsp3) is 0.167. The molecule has 110 valence electrons. The lowest BCUT2D eigenvalue weighted by atomic mass is 10.1. The van der Waals surface area contributed by atoms with Crippen molar-refractivity contribution < 1.29 is 5.11 Å². The van der Waals surface area contributed by atoms with E-state index in [2.05, 4.69) is 15.0 Å². The number of aliphatic hydroxyl groups is 1. The molecule has 3 rings (SSSR count). The van der Waals surface area contributed by atoms with Gasteiger partial charge in [0.2, 0.25) is 0 Å². The van der Waals surface area contributed by atoms with Gasteiger partial charge >= 0.3 is 0 Å². The summed E-state index contributed by atoms with van der Waals surface area (Å²) in [6.45, 7) is 3.95. The molecule has 3 aromatic heterocycles. The molecule has 0 fully saturated rings. The van der Waals surface area contributed by atoms with E-state index >= 15 is 0 Å². The summed E-state index contributed by atoms with van der Waals surface area (Å²) in [5.74, 6) is 0. The van der Waals surface area contributed by atoms with Crippen LogP contribution >= 0.6 is 0 Å². The Morgan fingerprint density at radius 3 is 1.64 bits per heavy atom. The van der Waals surface area contributed by atoms with Gasteiger partial charge in [-0.15, -0.1) is 0 Å². The Morgan fingerprint density at radius 1 is 0.773 bits per heavy atom. The van der Waals surface area contributed by atoms with E-state index in [-0.39, 0.29) is 6.61 Å². The Morgan fingerprint density at radius 2 is 1.27 bits per heavy atom. The molecule has 3 aromatic rings.